The van der Waals surface area contributed by atoms with Gasteiger partial charge >= 0.3 is 17.1 Å². The average Bonchev–Trinajstić information content (AvgIpc) is 3.04. The number of quaternary nitrogens is 2. The Morgan fingerprint density at radius 3 is 1.33 bits per heavy atom. The largest absolute Gasteiger partial charge is 2.00 e. The summed E-state index contributed by atoms with van der Waals surface area (Å²) in [5, 5.41) is 44.8. The Bertz CT molecular complexity index is 1050. The first-order valence-corrected chi connectivity index (χ1v) is 16.6. The maximum absolute atomic E-state index is 11.4. The van der Waals surface area contributed by atoms with Crippen LogP contribution in [0, 0.1) is 0 Å². The normalized spacial score (nSPS) is 14.8. The molecule has 0 atom stereocenters. The van der Waals surface area contributed by atoms with Crippen LogP contribution in [0.3, 0.4) is 0 Å². The quantitative estimate of drug-likeness (QED) is 0.148. The second-order valence-corrected chi connectivity index (χ2v) is 11.2. The molecule has 11 heteroatoms. The Balaban J connectivity index is 0.000000719. The molecule has 246 valence electrons. The van der Waals surface area contributed by atoms with E-state index in [2.05, 4.69) is 45.1 Å². The first-order valence-electron chi connectivity index (χ1n) is 15.8. The molecular formula is C34H48FeN6O2S2. The van der Waals surface area contributed by atoms with Crippen LogP contribution >= 0.6 is 24.4 Å². The van der Waals surface area contributed by atoms with Gasteiger partial charge in [-0.15, -0.1) is 11.5 Å². The molecule has 2 aliphatic carbocycles. The third kappa shape index (κ3) is 22.6. The van der Waals surface area contributed by atoms with Gasteiger partial charge in [-0.05, 0) is 62.5 Å². The second kappa shape index (κ2) is 30.1. The van der Waals surface area contributed by atoms with E-state index in [0.29, 0.717) is 11.1 Å². The summed E-state index contributed by atoms with van der Waals surface area (Å²) in [7, 11) is 0. The number of para-hydroxylation sites is 2. The van der Waals surface area contributed by atoms with Gasteiger partial charge in [-0.2, -0.15) is 10.3 Å². The van der Waals surface area contributed by atoms with Crippen LogP contribution in [-0.2, 0) is 17.1 Å². The number of nitrogens with two attached hydrogens (primary N) is 2. The van der Waals surface area contributed by atoms with Crippen molar-refractivity contribution in [2.24, 2.45) is 9.98 Å². The summed E-state index contributed by atoms with van der Waals surface area (Å²) in [4.78, 5) is 8.68. The van der Waals surface area contributed by atoms with Crippen LogP contribution < -0.4 is 20.8 Å². The van der Waals surface area contributed by atoms with Crippen LogP contribution in [0.25, 0.3) is 10.8 Å². The molecule has 0 amide bonds. The maximum atomic E-state index is 11.4. The number of aliphatic imine (C=N–C) groups is 2. The van der Waals surface area contributed by atoms with Crippen molar-refractivity contribution in [3.63, 3.8) is 0 Å². The monoisotopic (exact) mass is 692 g/mol. The van der Waals surface area contributed by atoms with Crippen molar-refractivity contribution in [3.8, 4) is 11.5 Å². The molecule has 0 saturated heterocycles. The molecule has 0 spiro atoms. The molecule has 0 unspecified atom stereocenters. The maximum Gasteiger partial charge on any atom is 2.00 e. The number of hydrogen-bond acceptors (Lipinski definition) is 6. The molecule has 0 aromatic heterocycles. The number of thiocarbonyl (C=S) groups is 2. The Kier molecular flexibility index (Phi) is 28.4. The van der Waals surface area contributed by atoms with E-state index < -0.39 is 0 Å². The minimum absolute atomic E-state index is 0. The number of nitrogens with zero attached hydrogens (tertiary/aromatic N) is 4. The van der Waals surface area contributed by atoms with Crippen molar-refractivity contribution < 1.29 is 37.9 Å². The number of rotatable bonds is 12. The van der Waals surface area contributed by atoms with E-state index in [1.165, 1.54) is 74.5 Å². The topological polar surface area (TPSA) is 149 Å². The molecule has 2 fully saturated rings. The predicted molar refractivity (Wildman–Crippen MR) is 185 cm³/mol. The first kappa shape index (κ1) is 42.4. The molecule has 0 heterocycles. The van der Waals surface area contributed by atoms with Crippen molar-refractivity contribution in [2.75, 3.05) is 26.2 Å². The predicted octanol–water partition coefficient (Wildman–Crippen LogP) is 4.25. The zero-order valence-corrected chi connectivity index (χ0v) is 28.9. The third-order valence-electron chi connectivity index (χ3n) is 7.58. The SMILES string of the molecule is [Fe+2].[N-]=C=S.[N-]=C=S.[O-]c1ccccc1C=NCCC[NH2+]C1CCCCC1.[O-]c1ccccc1C=NCCC[NH2+]C1CCCCC1. The number of hydrogen-bond donors (Lipinski definition) is 2. The Morgan fingerprint density at radius 2 is 1.00 bits per heavy atom. The first-order chi connectivity index (χ1) is 21.5. The van der Waals surface area contributed by atoms with Crippen LogP contribution in [0.5, 0.6) is 11.5 Å². The van der Waals surface area contributed by atoms with Crippen molar-refractivity contribution in [3.05, 3.63) is 70.5 Å². The minimum Gasteiger partial charge on any atom is -0.872 e. The van der Waals surface area contributed by atoms with Gasteiger partial charge in [0.1, 0.15) is 0 Å². The Hall–Kier alpha value is -2.58. The van der Waals surface area contributed by atoms with Crippen molar-refractivity contribution in [2.45, 2.75) is 89.1 Å². The molecular weight excluding hydrogens is 644 g/mol. The summed E-state index contributed by atoms with van der Waals surface area (Å²) in [6.07, 6.45) is 19.6. The van der Waals surface area contributed by atoms with E-state index in [9.17, 15) is 10.2 Å². The molecule has 8 nitrogen and oxygen atoms in total. The number of isothiocyanates is 2. The fraction of sp³-hybridized carbons (Fsp3) is 0.529. The smallest absolute Gasteiger partial charge is 0.872 e. The summed E-state index contributed by atoms with van der Waals surface area (Å²) < 4.78 is 0. The van der Waals surface area contributed by atoms with Crippen molar-refractivity contribution in [1.82, 2.24) is 0 Å². The second-order valence-electron chi connectivity index (χ2n) is 10.9. The fourth-order valence-electron chi connectivity index (χ4n) is 5.31. The Labute approximate surface area is 291 Å². The molecule has 2 saturated carbocycles. The van der Waals surface area contributed by atoms with Gasteiger partial charge in [-0.25, -0.2) is 0 Å². The van der Waals surface area contributed by atoms with E-state index in [1.54, 1.807) is 36.7 Å². The van der Waals surface area contributed by atoms with E-state index in [4.69, 9.17) is 10.8 Å². The summed E-state index contributed by atoms with van der Waals surface area (Å²) >= 11 is 7.40. The summed E-state index contributed by atoms with van der Waals surface area (Å²) in [6, 6.07) is 15.8. The fourth-order valence-corrected chi connectivity index (χ4v) is 5.31. The third-order valence-corrected chi connectivity index (χ3v) is 7.58. The van der Waals surface area contributed by atoms with E-state index in [-0.39, 0.29) is 28.6 Å². The van der Waals surface area contributed by atoms with Gasteiger partial charge in [0.2, 0.25) is 0 Å². The van der Waals surface area contributed by atoms with Crippen LogP contribution in [-0.4, -0.2) is 61.0 Å². The number of benzene rings is 2. The van der Waals surface area contributed by atoms with Gasteiger partial charge in [0.25, 0.3) is 0 Å². The molecule has 2 aromatic rings. The summed E-state index contributed by atoms with van der Waals surface area (Å²) in [5.41, 5.74) is 1.39. The van der Waals surface area contributed by atoms with Gasteiger partial charge in [-0.1, -0.05) is 85.8 Å². The summed E-state index contributed by atoms with van der Waals surface area (Å²) in [6.45, 7) is 3.94. The van der Waals surface area contributed by atoms with Crippen molar-refractivity contribution in [1.29, 1.82) is 0 Å². The summed E-state index contributed by atoms with van der Waals surface area (Å²) in [5.74, 6) is 0.111. The van der Waals surface area contributed by atoms with Gasteiger partial charge in [-0.3, -0.25) is 9.98 Å². The molecule has 45 heavy (non-hydrogen) atoms. The van der Waals surface area contributed by atoms with Gasteiger partial charge in [0.15, 0.2) is 0 Å². The van der Waals surface area contributed by atoms with E-state index >= 15 is 0 Å². The van der Waals surface area contributed by atoms with E-state index in [1.807, 2.05) is 24.3 Å². The molecule has 4 N–H and O–H groups in total. The van der Waals surface area contributed by atoms with Crippen molar-refractivity contribution >= 4 is 47.2 Å². The van der Waals surface area contributed by atoms with Gasteiger partial charge in [0.05, 0.1) is 25.2 Å². The van der Waals surface area contributed by atoms with Crippen LogP contribution in [0.15, 0.2) is 58.5 Å². The zero-order valence-electron chi connectivity index (χ0n) is 26.2. The minimum atomic E-state index is 0. The van der Waals surface area contributed by atoms with Crippen LogP contribution in [0.1, 0.15) is 88.2 Å². The van der Waals surface area contributed by atoms with E-state index in [0.717, 1.165) is 51.1 Å². The molecule has 2 aliphatic rings. The average molecular weight is 693 g/mol. The standard InChI is InChI=1S/2C16H24N2O.2CNS.Fe/c2*19-16-10-5-4-7-14(16)13-17-11-6-12-18-15-8-2-1-3-9-15;2*2-1-3;/h2*4-5,7,10,13,15,18-19H,1-3,6,8-9,11-12H2;;;/q;;2*-1;+2. The molecule has 0 radical (unpaired) electrons. The molecule has 2 aromatic carbocycles. The van der Waals surface area contributed by atoms with Crippen LogP contribution in [0.4, 0.5) is 0 Å². The molecule has 4 rings (SSSR count). The van der Waals surface area contributed by atoms with Gasteiger partial charge in [0, 0.05) is 38.4 Å². The van der Waals surface area contributed by atoms with Gasteiger partial charge < -0.3 is 31.7 Å². The Morgan fingerprint density at radius 1 is 0.667 bits per heavy atom. The zero-order chi connectivity index (χ0) is 32.1. The van der Waals surface area contributed by atoms with Crippen LogP contribution in [0.2, 0.25) is 0 Å². The molecule has 0 bridgehead atoms. The molecule has 0 aliphatic heterocycles.